The summed E-state index contributed by atoms with van der Waals surface area (Å²) in [7, 11) is 0. The Morgan fingerprint density at radius 2 is 2.24 bits per heavy atom. The quantitative estimate of drug-likeness (QED) is 0.805. The Morgan fingerprint density at radius 3 is 2.96 bits per heavy atom. The number of rotatable bonds is 6. The number of amides is 1. The fourth-order valence-corrected chi connectivity index (χ4v) is 3.86. The van der Waals surface area contributed by atoms with Gasteiger partial charge in [-0.05, 0) is 50.8 Å². The van der Waals surface area contributed by atoms with Crippen LogP contribution in [0.4, 0.5) is 0 Å². The second-order valence-electron chi connectivity index (χ2n) is 7.58. The van der Waals surface area contributed by atoms with E-state index in [9.17, 15) is 4.79 Å². The number of nitrogens with zero attached hydrogens (tertiary/aromatic N) is 3. The minimum atomic E-state index is -0.0473. The van der Waals surface area contributed by atoms with E-state index in [-0.39, 0.29) is 18.3 Å². The van der Waals surface area contributed by atoms with Gasteiger partial charge in [-0.2, -0.15) is 5.10 Å². The van der Waals surface area contributed by atoms with E-state index in [1.807, 2.05) is 16.9 Å². The van der Waals surface area contributed by atoms with Gasteiger partial charge in [-0.15, -0.1) is 12.4 Å². The summed E-state index contributed by atoms with van der Waals surface area (Å²) in [5.74, 6) is 0.620. The summed E-state index contributed by atoms with van der Waals surface area (Å²) in [5, 5.41) is 11.0. The van der Waals surface area contributed by atoms with Crippen LogP contribution in [-0.2, 0) is 0 Å². The predicted octanol–water partition coefficient (Wildman–Crippen LogP) is 2.08. The summed E-state index contributed by atoms with van der Waals surface area (Å²) in [6, 6.07) is 2.68. The molecule has 0 radical (unpaired) electrons. The zero-order chi connectivity index (χ0) is 16.9. The van der Waals surface area contributed by atoms with Crippen molar-refractivity contribution in [1.29, 1.82) is 0 Å². The highest BCUT2D eigenvalue weighted by Gasteiger charge is 2.25. The van der Waals surface area contributed by atoms with Gasteiger partial charge in [0.25, 0.3) is 5.91 Å². The monoisotopic (exact) mass is 369 g/mol. The first-order valence-corrected chi connectivity index (χ1v) is 9.41. The first-order valence-electron chi connectivity index (χ1n) is 9.41. The van der Waals surface area contributed by atoms with Crippen molar-refractivity contribution in [3.05, 3.63) is 18.0 Å². The molecule has 7 heteroatoms. The molecule has 2 fully saturated rings. The lowest BCUT2D eigenvalue weighted by Gasteiger charge is -2.26. The largest absolute Gasteiger partial charge is 0.349 e. The smallest absolute Gasteiger partial charge is 0.271 e. The van der Waals surface area contributed by atoms with E-state index in [0.29, 0.717) is 23.7 Å². The molecule has 3 rings (SSSR count). The average molecular weight is 370 g/mol. The summed E-state index contributed by atoms with van der Waals surface area (Å²) in [4.78, 5) is 14.9. The molecule has 1 aromatic heterocycles. The van der Waals surface area contributed by atoms with Crippen LogP contribution in [0.15, 0.2) is 12.3 Å². The molecule has 2 aliphatic rings. The van der Waals surface area contributed by atoms with Crippen molar-refractivity contribution in [3.8, 4) is 0 Å². The third kappa shape index (κ3) is 5.43. The van der Waals surface area contributed by atoms with Gasteiger partial charge in [0.15, 0.2) is 0 Å². The molecule has 2 aliphatic heterocycles. The van der Waals surface area contributed by atoms with Gasteiger partial charge in [0.05, 0.1) is 6.04 Å². The van der Waals surface area contributed by atoms with E-state index in [1.54, 1.807) is 0 Å². The van der Waals surface area contributed by atoms with Crippen LogP contribution in [0.2, 0.25) is 0 Å². The molecule has 1 amide bonds. The summed E-state index contributed by atoms with van der Waals surface area (Å²) in [6.07, 6.45) is 6.64. The number of carbonyl (C=O) groups excluding carboxylic acids is 1. The average Bonchev–Trinajstić information content (AvgIpc) is 3.22. The highest BCUT2D eigenvalue weighted by Crippen LogP contribution is 2.18. The SMILES string of the molecule is CC(C)CN1CCC[C@@H]1CNC(=O)c1ccn(C2CCCNC2)n1.Cl. The van der Waals surface area contributed by atoms with Crippen molar-refractivity contribution in [2.75, 3.05) is 32.7 Å². The lowest BCUT2D eigenvalue weighted by atomic mass is 10.1. The van der Waals surface area contributed by atoms with Crippen LogP contribution >= 0.6 is 12.4 Å². The van der Waals surface area contributed by atoms with Gasteiger partial charge in [-0.1, -0.05) is 13.8 Å². The van der Waals surface area contributed by atoms with Crippen molar-refractivity contribution >= 4 is 18.3 Å². The Hall–Kier alpha value is -1.11. The van der Waals surface area contributed by atoms with Crippen LogP contribution in [0.1, 0.15) is 56.1 Å². The van der Waals surface area contributed by atoms with E-state index in [0.717, 1.165) is 39.1 Å². The Bertz CT molecular complexity index is 541. The minimum absolute atomic E-state index is 0. The highest BCUT2D eigenvalue weighted by atomic mass is 35.5. The third-order valence-corrected chi connectivity index (χ3v) is 5.08. The van der Waals surface area contributed by atoms with Gasteiger partial charge in [0.1, 0.15) is 5.69 Å². The fourth-order valence-electron chi connectivity index (χ4n) is 3.86. The molecule has 2 N–H and O–H groups in total. The van der Waals surface area contributed by atoms with Gasteiger partial charge in [0.2, 0.25) is 0 Å². The molecular weight excluding hydrogens is 338 g/mol. The summed E-state index contributed by atoms with van der Waals surface area (Å²) < 4.78 is 1.95. The molecule has 0 saturated carbocycles. The molecule has 0 bridgehead atoms. The van der Waals surface area contributed by atoms with Crippen molar-refractivity contribution in [3.63, 3.8) is 0 Å². The molecule has 2 atom stereocenters. The van der Waals surface area contributed by atoms with Gasteiger partial charge in [0, 0.05) is 31.9 Å². The summed E-state index contributed by atoms with van der Waals surface area (Å²) in [5.41, 5.74) is 0.536. The zero-order valence-electron chi connectivity index (χ0n) is 15.4. The molecule has 142 valence electrons. The van der Waals surface area contributed by atoms with Gasteiger partial charge < -0.3 is 10.6 Å². The summed E-state index contributed by atoms with van der Waals surface area (Å²) in [6.45, 7) is 9.52. The number of piperidine rings is 1. The Balaban J connectivity index is 0.00000225. The van der Waals surface area contributed by atoms with Crippen molar-refractivity contribution in [2.24, 2.45) is 5.92 Å². The van der Waals surface area contributed by atoms with Crippen LogP contribution in [0.25, 0.3) is 0 Å². The van der Waals surface area contributed by atoms with Crippen molar-refractivity contribution in [2.45, 2.75) is 51.6 Å². The molecule has 0 aromatic carbocycles. The van der Waals surface area contributed by atoms with Crippen LogP contribution in [0, 0.1) is 5.92 Å². The number of aromatic nitrogens is 2. The molecule has 2 saturated heterocycles. The van der Waals surface area contributed by atoms with Gasteiger partial charge in [-0.25, -0.2) is 0 Å². The molecule has 1 unspecified atom stereocenters. The van der Waals surface area contributed by atoms with E-state index in [1.165, 1.54) is 19.3 Å². The first-order chi connectivity index (χ1) is 11.6. The lowest BCUT2D eigenvalue weighted by Crippen LogP contribution is -2.41. The minimum Gasteiger partial charge on any atom is -0.349 e. The van der Waals surface area contributed by atoms with Crippen LogP contribution in [-0.4, -0.2) is 59.4 Å². The topological polar surface area (TPSA) is 62.2 Å². The number of likely N-dealkylation sites (tertiary alicyclic amines) is 1. The van der Waals surface area contributed by atoms with Crippen molar-refractivity contribution in [1.82, 2.24) is 25.3 Å². The maximum atomic E-state index is 12.4. The summed E-state index contributed by atoms with van der Waals surface area (Å²) >= 11 is 0. The maximum absolute atomic E-state index is 12.4. The number of hydrogen-bond donors (Lipinski definition) is 2. The van der Waals surface area contributed by atoms with Gasteiger partial charge in [-0.3, -0.25) is 14.4 Å². The molecular formula is C18H32ClN5O. The molecule has 25 heavy (non-hydrogen) atoms. The fraction of sp³-hybridized carbons (Fsp3) is 0.778. The standard InChI is InChI=1S/C18H31N5O.ClH/c1-14(2)13-22-9-4-6-15(22)12-20-18(24)17-7-10-23(21-17)16-5-3-8-19-11-16;/h7,10,14-16,19H,3-6,8-9,11-13H2,1-2H3,(H,20,24);1H/t15-,16?;/m1./s1. The second kappa shape index (κ2) is 9.55. The molecule has 1 aromatic rings. The molecule has 0 spiro atoms. The Labute approximate surface area is 157 Å². The zero-order valence-corrected chi connectivity index (χ0v) is 16.2. The van der Waals surface area contributed by atoms with E-state index in [2.05, 4.69) is 34.5 Å². The number of nitrogens with one attached hydrogen (secondary N) is 2. The van der Waals surface area contributed by atoms with Gasteiger partial charge >= 0.3 is 0 Å². The molecule has 3 heterocycles. The highest BCUT2D eigenvalue weighted by molar-refractivity contribution is 5.92. The lowest BCUT2D eigenvalue weighted by molar-refractivity contribution is 0.0932. The third-order valence-electron chi connectivity index (χ3n) is 5.08. The Morgan fingerprint density at radius 1 is 1.40 bits per heavy atom. The number of carbonyl (C=O) groups is 1. The van der Waals surface area contributed by atoms with Crippen molar-refractivity contribution < 1.29 is 4.79 Å². The predicted molar refractivity (Wildman–Crippen MR) is 102 cm³/mol. The Kier molecular flexibility index (Phi) is 7.72. The first kappa shape index (κ1) is 20.2. The normalized spacial score (nSPS) is 24.3. The number of hydrogen-bond acceptors (Lipinski definition) is 4. The van der Waals surface area contributed by atoms with E-state index < -0.39 is 0 Å². The van der Waals surface area contributed by atoms with Crippen LogP contribution < -0.4 is 10.6 Å². The van der Waals surface area contributed by atoms with E-state index >= 15 is 0 Å². The van der Waals surface area contributed by atoms with Crippen LogP contribution in [0.3, 0.4) is 0 Å². The molecule has 6 nitrogen and oxygen atoms in total. The van der Waals surface area contributed by atoms with Crippen LogP contribution in [0.5, 0.6) is 0 Å². The molecule has 0 aliphatic carbocycles. The second-order valence-corrected chi connectivity index (χ2v) is 7.58. The maximum Gasteiger partial charge on any atom is 0.271 e. The number of halogens is 1. The van der Waals surface area contributed by atoms with E-state index in [4.69, 9.17) is 0 Å².